The van der Waals surface area contributed by atoms with E-state index in [1.807, 2.05) is 24.3 Å². The van der Waals surface area contributed by atoms with Crippen molar-refractivity contribution in [1.82, 2.24) is 10.2 Å². The van der Waals surface area contributed by atoms with Crippen molar-refractivity contribution in [3.8, 4) is 17.2 Å². The molecule has 1 aliphatic heterocycles. The molecule has 7 heteroatoms. The van der Waals surface area contributed by atoms with E-state index in [1.165, 1.54) is 24.8 Å². The van der Waals surface area contributed by atoms with Crippen molar-refractivity contribution in [1.29, 1.82) is 5.26 Å². The Morgan fingerprint density at radius 2 is 1.67 bits per heavy atom. The van der Waals surface area contributed by atoms with Crippen LogP contribution in [0.4, 0.5) is 10.5 Å². The van der Waals surface area contributed by atoms with Gasteiger partial charge in [-0.1, -0.05) is 66.0 Å². The highest BCUT2D eigenvalue weighted by atomic mass is 35.5. The number of piperidine rings is 1. The number of carbonyl (C=O) groups excluding carboxylic acids is 1. The minimum atomic E-state index is -0.291. The number of hydrogen-bond acceptors (Lipinski definition) is 3. The molecular weight excluding hydrogens is 491 g/mol. The van der Waals surface area contributed by atoms with Crippen LogP contribution in [0, 0.1) is 11.3 Å². The Morgan fingerprint density at radius 1 is 0.944 bits per heavy atom. The predicted molar refractivity (Wildman–Crippen MR) is 148 cm³/mol. The summed E-state index contributed by atoms with van der Waals surface area (Å²) in [7, 11) is 0. The van der Waals surface area contributed by atoms with E-state index in [2.05, 4.69) is 45.9 Å². The van der Waals surface area contributed by atoms with Crippen molar-refractivity contribution >= 4 is 34.9 Å². The minimum absolute atomic E-state index is 0.167. The van der Waals surface area contributed by atoms with Crippen molar-refractivity contribution in [2.24, 2.45) is 0 Å². The third-order valence-electron chi connectivity index (χ3n) is 6.58. The van der Waals surface area contributed by atoms with Gasteiger partial charge in [-0.15, -0.1) is 0 Å². The number of likely N-dealkylation sites (tertiary alicyclic amines) is 1. The number of nitrogens with one attached hydrogen (secondary N) is 2. The molecule has 0 spiro atoms. The predicted octanol–water partition coefficient (Wildman–Crippen LogP) is 7.31. The summed E-state index contributed by atoms with van der Waals surface area (Å²) in [5.74, 6) is 0.167. The summed E-state index contributed by atoms with van der Waals surface area (Å²) in [6.07, 6.45) is 4.77. The molecule has 0 aromatic heterocycles. The van der Waals surface area contributed by atoms with E-state index >= 15 is 0 Å². The molecule has 5 nitrogen and oxygen atoms in total. The third kappa shape index (κ3) is 7.48. The smallest absolute Gasteiger partial charge is 0.319 e. The van der Waals surface area contributed by atoms with Crippen molar-refractivity contribution in [3.63, 3.8) is 0 Å². The fourth-order valence-corrected chi connectivity index (χ4v) is 5.17. The first-order chi connectivity index (χ1) is 17.5. The second-order valence-corrected chi connectivity index (χ2v) is 10.1. The summed E-state index contributed by atoms with van der Waals surface area (Å²) >= 11 is 12.1. The molecule has 2 amide bonds. The molecular formula is C29H30Cl2N4O. The number of rotatable bonds is 8. The van der Waals surface area contributed by atoms with Crippen LogP contribution in [0.3, 0.4) is 0 Å². The van der Waals surface area contributed by atoms with E-state index < -0.39 is 0 Å². The van der Waals surface area contributed by atoms with Gasteiger partial charge in [0.1, 0.15) is 0 Å². The first kappa shape index (κ1) is 26.0. The van der Waals surface area contributed by atoms with Crippen LogP contribution >= 0.6 is 23.2 Å². The molecule has 1 atom stereocenters. The number of anilines is 1. The fraction of sp³-hybridized carbons (Fsp3) is 0.310. The molecule has 36 heavy (non-hydrogen) atoms. The van der Waals surface area contributed by atoms with Gasteiger partial charge in [-0.3, -0.25) is 0 Å². The SMILES string of the molecule is N#Cc1cccc(-c2ccc(C(CCN3CCCCC3)CNC(=O)Nc3cc(Cl)cc(Cl)c3)cc2)c1. The second-order valence-electron chi connectivity index (χ2n) is 9.20. The van der Waals surface area contributed by atoms with Crippen LogP contribution in [0.5, 0.6) is 0 Å². The highest BCUT2D eigenvalue weighted by Crippen LogP contribution is 2.26. The quantitative estimate of drug-likeness (QED) is 0.327. The van der Waals surface area contributed by atoms with Crippen LogP contribution in [0.1, 0.15) is 42.7 Å². The van der Waals surface area contributed by atoms with Gasteiger partial charge in [-0.2, -0.15) is 5.26 Å². The van der Waals surface area contributed by atoms with Crippen LogP contribution in [-0.2, 0) is 0 Å². The first-order valence-electron chi connectivity index (χ1n) is 12.3. The van der Waals surface area contributed by atoms with Crippen molar-refractivity contribution in [2.75, 3.05) is 31.5 Å². The number of hydrogen-bond donors (Lipinski definition) is 2. The van der Waals surface area contributed by atoms with Crippen molar-refractivity contribution in [3.05, 3.63) is 87.9 Å². The first-order valence-corrected chi connectivity index (χ1v) is 13.1. The Bertz CT molecular complexity index is 1200. The lowest BCUT2D eigenvalue weighted by Gasteiger charge is -2.28. The summed E-state index contributed by atoms with van der Waals surface area (Å²) in [6.45, 7) is 3.80. The monoisotopic (exact) mass is 520 g/mol. The van der Waals surface area contributed by atoms with Gasteiger partial charge >= 0.3 is 6.03 Å². The lowest BCUT2D eigenvalue weighted by atomic mass is 9.92. The molecule has 1 fully saturated rings. The molecule has 0 radical (unpaired) electrons. The summed E-state index contributed by atoms with van der Waals surface area (Å²) in [6, 6.07) is 22.9. The van der Waals surface area contributed by atoms with Crippen LogP contribution in [-0.4, -0.2) is 37.1 Å². The van der Waals surface area contributed by atoms with Gasteiger partial charge in [0.05, 0.1) is 11.6 Å². The zero-order valence-corrected chi connectivity index (χ0v) is 21.7. The number of carbonyl (C=O) groups is 1. The number of benzene rings is 3. The highest BCUT2D eigenvalue weighted by molar-refractivity contribution is 6.35. The largest absolute Gasteiger partial charge is 0.337 e. The molecule has 3 aromatic rings. The molecule has 0 aliphatic carbocycles. The molecule has 2 N–H and O–H groups in total. The van der Waals surface area contributed by atoms with E-state index in [4.69, 9.17) is 23.2 Å². The number of halogens is 2. The van der Waals surface area contributed by atoms with E-state index in [0.717, 1.165) is 37.2 Å². The highest BCUT2D eigenvalue weighted by Gasteiger charge is 2.17. The molecule has 1 saturated heterocycles. The Morgan fingerprint density at radius 3 is 2.36 bits per heavy atom. The van der Waals surface area contributed by atoms with Crippen LogP contribution in [0.15, 0.2) is 66.7 Å². The Hall–Kier alpha value is -3.04. The van der Waals surface area contributed by atoms with Gasteiger partial charge in [0.2, 0.25) is 0 Å². The van der Waals surface area contributed by atoms with E-state index in [0.29, 0.717) is 27.8 Å². The number of amides is 2. The van der Waals surface area contributed by atoms with Crippen LogP contribution < -0.4 is 10.6 Å². The maximum Gasteiger partial charge on any atom is 0.319 e. The Balaban J connectivity index is 1.44. The van der Waals surface area contributed by atoms with Crippen LogP contribution in [0.25, 0.3) is 11.1 Å². The van der Waals surface area contributed by atoms with Gasteiger partial charge in [-0.25, -0.2) is 4.79 Å². The normalized spacial score (nSPS) is 14.6. The second kappa shape index (κ2) is 12.8. The molecule has 0 saturated carbocycles. The number of nitrogens with zero attached hydrogens (tertiary/aromatic N) is 2. The molecule has 3 aromatic carbocycles. The summed E-state index contributed by atoms with van der Waals surface area (Å²) in [4.78, 5) is 15.2. The summed E-state index contributed by atoms with van der Waals surface area (Å²) < 4.78 is 0. The molecule has 1 unspecified atom stereocenters. The van der Waals surface area contributed by atoms with E-state index in [1.54, 1.807) is 18.2 Å². The standard InChI is InChI=1S/C29H30Cl2N4O/c30-26-16-27(31)18-28(17-26)34-29(36)33-20-25(11-14-35-12-2-1-3-13-35)23-9-7-22(8-10-23)24-6-4-5-21(15-24)19-32/h4-10,15-18,25H,1-3,11-14,20H2,(H2,33,34,36). The lowest BCUT2D eigenvalue weighted by Crippen LogP contribution is -2.35. The number of urea groups is 1. The van der Waals surface area contributed by atoms with Gasteiger partial charge in [0, 0.05) is 28.2 Å². The lowest BCUT2D eigenvalue weighted by molar-refractivity contribution is 0.219. The van der Waals surface area contributed by atoms with Crippen molar-refractivity contribution in [2.45, 2.75) is 31.6 Å². The molecule has 0 bridgehead atoms. The molecule has 1 heterocycles. The average Bonchev–Trinajstić information content (AvgIpc) is 2.89. The number of nitriles is 1. The Labute approximate surface area is 223 Å². The van der Waals surface area contributed by atoms with Gasteiger partial charge < -0.3 is 15.5 Å². The third-order valence-corrected chi connectivity index (χ3v) is 7.02. The van der Waals surface area contributed by atoms with Gasteiger partial charge in [-0.05, 0) is 85.9 Å². The van der Waals surface area contributed by atoms with Crippen LogP contribution in [0.2, 0.25) is 10.0 Å². The van der Waals surface area contributed by atoms with E-state index in [-0.39, 0.29) is 11.9 Å². The topological polar surface area (TPSA) is 68.2 Å². The maximum atomic E-state index is 12.6. The molecule has 4 rings (SSSR count). The van der Waals surface area contributed by atoms with E-state index in [9.17, 15) is 10.1 Å². The maximum absolute atomic E-state index is 12.6. The fourth-order valence-electron chi connectivity index (χ4n) is 4.64. The molecule has 186 valence electrons. The van der Waals surface area contributed by atoms with Gasteiger partial charge in [0.25, 0.3) is 0 Å². The minimum Gasteiger partial charge on any atom is -0.337 e. The molecule has 1 aliphatic rings. The Kier molecular flexibility index (Phi) is 9.24. The summed E-state index contributed by atoms with van der Waals surface area (Å²) in [5, 5.41) is 16.0. The summed E-state index contributed by atoms with van der Waals surface area (Å²) in [5.41, 5.74) is 4.46. The zero-order valence-electron chi connectivity index (χ0n) is 20.1. The average molecular weight is 521 g/mol. The van der Waals surface area contributed by atoms with Crippen molar-refractivity contribution < 1.29 is 4.79 Å². The van der Waals surface area contributed by atoms with Gasteiger partial charge in [0.15, 0.2) is 0 Å². The zero-order chi connectivity index (χ0) is 25.3.